The second-order valence-corrected chi connectivity index (χ2v) is 0.825. The first-order valence-electron chi connectivity index (χ1n) is 2.02. The fraction of sp³-hybridized carbons (Fsp3) is 0.500. The van der Waals surface area contributed by atoms with E-state index in [9.17, 15) is 12.9 Å². The molecule has 0 unspecified atom stereocenters. The van der Waals surface area contributed by atoms with Crippen LogP contribution in [0, 0.1) is 6.08 Å². The molecule has 0 aromatic heterocycles. The van der Waals surface area contributed by atoms with Gasteiger partial charge in [0.25, 0.3) is 0 Å². The summed E-state index contributed by atoms with van der Waals surface area (Å²) in [6.07, 6.45) is 4.68. The molecule has 0 fully saturated rings. The summed E-state index contributed by atoms with van der Waals surface area (Å²) in [6, 6.07) is 0. The van der Waals surface area contributed by atoms with Gasteiger partial charge in [-0.3, -0.25) is 19.0 Å². The van der Waals surface area contributed by atoms with E-state index < -0.39 is 7.54 Å². The molecular weight excluding hydrogens is 155 g/mol. The van der Waals surface area contributed by atoms with Crippen LogP contribution in [-0.4, -0.2) is 7.54 Å². The Morgan fingerprint density at radius 1 is 1.33 bits per heavy atom. The van der Waals surface area contributed by atoms with Gasteiger partial charge in [0.15, 0.2) is 0 Å². The minimum Gasteiger partial charge on any atom is -0.504 e. The Hall–Kier alpha value is 1.23. The fourth-order valence-electron chi connectivity index (χ4n) is 0. The number of allylic oxidation sites excluding steroid dienone is 2. The molecule has 0 spiro atoms. The molecule has 0 aliphatic heterocycles. The Labute approximate surface area is 96.5 Å². The third-order valence-electron chi connectivity index (χ3n) is 0.289. The summed E-state index contributed by atoms with van der Waals surface area (Å²) in [5.74, 6) is 0. The third kappa shape index (κ3) is 97.0. The molecule has 0 rings (SSSR count). The van der Waals surface area contributed by atoms with E-state index in [1.54, 1.807) is 0 Å². The number of rotatable bonds is 0. The zero-order valence-electron chi connectivity index (χ0n) is 5.79. The molecule has 0 aromatic rings. The summed E-state index contributed by atoms with van der Waals surface area (Å²) >= 11 is 0. The third-order valence-corrected chi connectivity index (χ3v) is 0.289. The Morgan fingerprint density at radius 3 is 1.44 bits per heavy atom. The zero-order valence-corrected chi connectivity index (χ0v) is 8.91. The first-order chi connectivity index (χ1) is 3.65. The molecule has 0 aromatic carbocycles. The summed E-state index contributed by atoms with van der Waals surface area (Å²) in [6.45, 7) is 3.82. The van der Waals surface area contributed by atoms with E-state index in [0.29, 0.717) is 0 Å². The molecule has 0 heterocycles. The van der Waals surface area contributed by atoms with Crippen molar-refractivity contribution in [3.05, 3.63) is 12.2 Å². The Morgan fingerprint density at radius 2 is 1.44 bits per heavy atom. The molecule has 0 nitrogen and oxygen atoms in total. The standard InChI is InChI=1S/C4H7.BF3.K/c1-3-4-2;2-1(3)4;/h3H,1-2H3;;/q-1;;+1. The number of halogens is 3. The van der Waals surface area contributed by atoms with Crippen LogP contribution >= 0.6 is 0 Å². The molecule has 0 saturated carbocycles. The quantitative estimate of drug-likeness (QED) is 0.325. The normalized spacial score (nSPS) is 7.22. The van der Waals surface area contributed by atoms with Crippen LogP contribution in [0.15, 0.2) is 6.08 Å². The van der Waals surface area contributed by atoms with Gasteiger partial charge in [-0.05, 0) is 0 Å². The topological polar surface area (TPSA) is 0 Å². The fourth-order valence-corrected chi connectivity index (χ4v) is 0. The van der Waals surface area contributed by atoms with E-state index in [2.05, 4.69) is 6.08 Å². The van der Waals surface area contributed by atoms with Crippen molar-refractivity contribution < 1.29 is 64.3 Å². The Kier molecular flexibility index (Phi) is 29.8. The smallest absolute Gasteiger partial charge is 0.504 e. The minimum atomic E-state index is -3.67. The van der Waals surface area contributed by atoms with E-state index in [1.165, 1.54) is 0 Å². The van der Waals surface area contributed by atoms with E-state index in [-0.39, 0.29) is 51.4 Å². The van der Waals surface area contributed by atoms with Gasteiger partial charge < -0.3 is 6.08 Å². The second kappa shape index (κ2) is 16.1. The molecule has 5 heteroatoms. The van der Waals surface area contributed by atoms with Crippen molar-refractivity contribution in [3.63, 3.8) is 0 Å². The van der Waals surface area contributed by atoms with Crippen molar-refractivity contribution in [2.75, 3.05) is 0 Å². The molecule has 0 bridgehead atoms. The second-order valence-electron chi connectivity index (χ2n) is 0.825. The molecule has 0 radical (unpaired) electrons. The maximum atomic E-state index is 9.67. The largest absolute Gasteiger partial charge is 1.00 e. The molecular formula is C4H7BF3K. The van der Waals surface area contributed by atoms with Gasteiger partial charge in [-0.15, -0.1) is 0 Å². The van der Waals surface area contributed by atoms with E-state index in [4.69, 9.17) is 0 Å². The minimum absolute atomic E-state index is 0. The summed E-state index contributed by atoms with van der Waals surface area (Å²) in [4.78, 5) is 0. The molecule has 9 heavy (non-hydrogen) atoms. The maximum absolute atomic E-state index is 9.67. The first-order valence-corrected chi connectivity index (χ1v) is 2.02. The summed E-state index contributed by atoms with van der Waals surface area (Å²) in [5.41, 5.74) is 0. The summed E-state index contributed by atoms with van der Waals surface area (Å²) < 4.78 is 29.0. The average molecular weight is 162 g/mol. The first kappa shape index (κ1) is 16.7. The van der Waals surface area contributed by atoms with Crippen molar-refractivity contribution in [2.24, 2.45) is 0 Å². The predicted molar refractivity (Wildman–Crippen MR) is 28.2 cm³/mol. The van der Waals surface area contributed by atoms with Crippen LogP contribution in [0.2, 0.25) is 0 Å². The maximum Gasteiger partial charge on any atom is 1.00 e. The van der Waals surface area contributed by atoms with Crippen LogP contribution in [0.25, 0.3) is 0 Å². The van der Waals surface area contributed by atoms with E-state index in [0.717, 1.165) is 0 Å². The van der Waals surface area contributed by atoms with E-state index >= 15 is 0 Å². The van der Waals surface area contributed by atoms with Gasteiger partial charge >= 0.3 is 58.9 Å². The number of hydrogen-bond acceptors (Lipinski definition) is 0. The van der Waals surface area contributed by atoms with Gasteiger partial charge in [0.2, 0.25) is 0 Å². The average Bonchev–Trinajstić information content (AvgIpc) is 1.65. The van der Waals surface area contributed by atoms with Crippen molar-refractivity contribution >= 4 is 7.54 Å². The molecule has 0 N–H and O–H groups in total. The van der Waals surface area contributed by atoms with Crippen LogP contribution in [0.5, 0.6) is 0 Å². The van der Waals surface area contributed by atoms with Crippen molar-refractivity contribution in [3.8, 4) is 0 Å². The monoisotopic (exact) mass is 162 g/mol. The molecule has 0 amide bonds. The van der Waals surface area contributed by atoms with Crippen molar-refractivity contribution in [2.45, 2.75) is 13.8 Å². The van der Waals surface area contributed by atoms with Gasteiger partial charge in [0.1, 0.15) is 0 Å². The van der Waals surface area contributed by atoms with Crippen LogP contribution in [-0.2, 0) is 0 Å². The summed E-state index contributed by atoms with van der Waals surface area (Å²) in [7, 11) is -3.67. The van der Waals surface area contributed by atoms with Crippen LogP contribution < -0.4 is 51.4 Å². The predicted octanol–water partition coefficient (Wildman–Crippen LogP) is -0.731. The van der Waals surface area contributed by atoms with Crippen LogP contribution in [0.4, 0.5) is 12.9 Å². The Bertz CT molecular complexity index is 51.0. The van der Waals surface area contributed by atoms with Crippen molar-refractivity contribution in [1.29, 1.82) is 0 Å². The van der Waals surface area contributed by atoms with Crippen molar-refractivity contribution in [1.82, 2.24) is 0 Å². The van der Waals surface area contributed by atoms with Crippen LogP contribution in [0.1, 0.15) is 13.8 Å². The Balaban J connectivity index is -0.0000000720. The zero-order chi connectivity index (χ0) is 6.99. The molecule has 0 aliphatic carbocycles. The molecule has 0 aliphatic rings. The van der Waals surface area contributed by atoms with Gasteiger partial charge in [0, 0.05) is 0 Å². The SMILES string of the molecule is C[C-]=CC.FB(F)F.[K+]. The molecule has 0 saturated heterocycles. The summed E-state index contributed by atoms with van der Waals surface area (Å²) in [5, 5.41) is 0. The number of hydrogen-bond donors (Lipinski definition) is 0. The van der Waals surface area contributed by atoms with Crippen LogP contribution in [0.3, 0.4) is 0 Å². The van der Waals surface area contributed by atoms with Gasteiger partial charge in [-0.2, -0.15) is 6.92 Å². The molecule has 0 atom stereocenters. The van der Waals surface area contributed by atoms with Gasteiger partial charge in [-0.1, -0.05) is 6.92 Å². The molecule has 48 valence electrons. The van der Waals surface area contributed by atoms with E-state index in [1.807, 2.05) is 19.9 Å². The van der Waals surface area contributed by atoms with Gasteiger partial charge in [0.05, 0.1) is 0 Å². The van der Waals surface area contributed by atoms with Gasteiger partial charge in [-0.25, -0.2) is 0 Å².